The van der Waals surface area contributed by atoms with Crippen LogP contribution in [0.5, 0.6) is 0 Å². The summed E-state index contributed by atoms with van der Waals surface area (Å²) in [7, 11) is 0. The molecule has 3 heteroatoms. The molecule has 18 heavy (non-hydrogen) atoms. The second-order valence-corrected chi connectivity index (χ2v) is 5.67. The van der Waals surface area contributed by atoms with E-state index in [1.165, 1.54) is 11.1 Å². The Morgan fingerprint density at radius 3 is 2.50 bits per heavy atom. The Labute approximate surface area is 121 Å². The lowest BCUT2D eigenvalue weighted by Gasteiger charge is -2.14. The monoisotopic (exact) mass is 323 g/mol. The molecular formula is C15H15BrClN. The van der Waals surface area contributed by atoms with E-state index < -0.39 is 0 Å². The number of benzene rings is 2. The van der Waals surface area contributed by atoms with Gasteiger partial charge in [0.05, 0.1) is 5.02 Å². The number of nitrogens with two attached hydrogens (primary N) is 1. The van der Waals surface area contributed by atoms with Gasteiger partial charge >= 0.3 is 0 Å². The first kappa shape index (κ1) is 13.6. The van der Waals surface area contributed by atoms with Crippen LogP contribution in [0.2, 0.25) is 5.02 Å². The van der Waals surface area contributed by atoms with Gasteiger partial charge in [-0.3, -0.25) is 0 Å². The summed E-state index contributed by atoms with van der Waals surface area (Å²) in [5.41, 5.74) is 9.69. The molecule has 0 saturated carbocycles. The lowest BCUT2D eigenvalue weighted by atomic mass is 9.99. The van der Waals surface area contributed by atoms with E-state index >= 15 is 0 Å². The average molecular weight is 325 g/mol. The summed E-state index contributed by atoms with van der Waals surface area (Å²) >= 11 is 9.67. The molecule has 0 saturated heterocycles. The van der Waals surface area contributed by atoms with E-state index in [1.54, 1.807) is 0 Å². The number of rotatable bonds is 3. The molecule has 0 fully saturated rings. The number of halogens is 2. The summed E-state index contributed by atoms with van der Waals surface area (Å²) < 4.78 is 0.890. The predicted octanol–water partition coefficient (Wildman–Crippen LogP) is 4.65. The third kappa shape index (κ3) is 3.14. The molecule has 2 N–H and O–H groups in total. The highest BCUT2D eigenvalue weighted by Gasteiger charge is 2.12. The van der Waals surface area contributed by atoms with Gasteiger partial charge in [0.25, 0.3) is 0 Å². The van der Waals surface area contributed by atoms with Crippen molar-refractivity contribution in [3.8, 4) is 0 Å². The molecule has 1 atom stereocenters. The first-order valence-electron chi connectivity index (χ1n) is 5.83. The molecule has 0 aliphatic heterocycles. The summed E-state index contributed by atoms with van der Waals surface area (Å²) in [5.74, 6) is 0. The molecule has 0 spiro atoms. The van der Waals surface area contributed by atoms with Gasteiger partial charge < -0.3 is 5.73 Å². The van der Waals surface area contributed by atoms with Crippen LogP contribution in [0.25, 0.3) is 0 Å². The van der Waals surface area contributed by atoms with Gasteiger partial charge in [-0.15, -0.1) is 0 Å². The summed E-state index contributed by atoms with van der Waals surface area (Å²) in [4.78, 5) is 0. The topological polar surface area (TPSA) is 26.0 Å². The molecule has 2 rings (SSSR count). The summed E-state index contributed by atoms with van der Waals surface area (Å²) in [6, 6.07) is 14.2. The number of hydrogen-bond donors (Lipinski definition) is 1. The summed E-state index contributed by atoms with van der Waals surface area (Å²) in [6.45, 7) is 2.08. The molecule has 0 bridgehead atoms. The van der Waals surface area contributed by atoms with Gasteiger partial charge in [0.2, 0.25) is 0 Å². The highest BCUT2D eigenvalue weighted by Crippen LogP contribution is 2.30. The molecule has 0 radical (unpaired) electrons. The Bertz CT molecular complexity index is 537. The highest BCUT2D eigenvalue weighted by molar-refractivity contribution is 9.10. The largest absolute Gasteiger partial charge is 0.324 e. The van der Waals surface area contributed by atoms with E-state index in [4.69, 9.17) is 17.3 Å². The van der Waals surface area contributed by atoms with Crippen molar-refractivity contribution in [1.29, 1.82) is 0 Å². The van der Waals surface area contributed by atoms with Gasteiger partial charge in [0.1, 0.15) is 0 Å². The zero-order chi connectivity index (χ0) is 13.1. The maximum Gasteiger partial charge on any atom is 0.0595 e. The third-order valence-corrected chi connectivity index (χ3v) is 4.27. The lowest BCUT2D eigenvalue weighted by Crippen LogP contribution is -2.14. The van der Waals surface area contributed by atoms with E-state index in [0.29, 0.717) is 5.02 Å². The maximum absolute atomic E-state index is 6.25. The zero-order valence-electron chi connectivity index (χ0n) is 10.2. The quantitative estimate of drug-likeness (QED) is 0.873. The molecule has 94 valence electrons. The molecule has 0 heterocycles. The van der Waals surface area contributed by atoms with Crippen molar-refractivity contribution in [1.82, 2.24) is 0 Å². The van der Waals surface area contributed by atoms with Crippen molar-refractivity contribution in [3.05, 3.63) is 68.7 Å². The second-order valence-electron chi connectivity index (χ2n) is 4.44. The molecule has 0 aliphatic rings. The van der Waals surface area contributed by atoms with Crippen LogP contribution in [0, 0.1) is 6.92 Å². The van der Waals surface area contributed by atoms with Crippen molar-refractivity contribution in [2.45, 2.75) is 19.4 Å². The molecule has 2 aromatic carbocycles. The van der Waals surface area contributed by atoms with Crippen molar-refractivity contribution in [2.75, 3.05) is 0 Å². The average Bonchev–Trinajstić information content (AvgIpc) is 2.35. The summed E-state index contributed by atoms with van der Waals surface area (Å²) in [6.07, 6.45) is 0.788. The Balaban J connectivity index is 2.19. The van der Waals surface area contributed by atoms with Gasteiger partial charge in [-0.1, -0.05) is 53.6 Å². The number of aryl methyl sites for hydroxylation is 1. The Morgan fingerprint density at radius 1 is 1.17 bits per heavy atom. The van der Waals surface area contributed by atoms with Gasteiger partial charge in [-0.25, -0.2) is 0 Å². The normalized spacial score (nSPS) is 12.4. The zero-order valence-corrected chi connectivity index (χ0v) is 12.5. The van der Waals surface area contributed by atoms with Gasteiger partial charge in [0.15, 0.2) is 0 Å². The van der Waals surface area contributed by atoms with Crippen molar-refractivity contribution < 1.29 is 0 Å². The molecule has 2 aromatic rings. The Morgan fingerprint density at radius 2 is 1.83 bits per heavy atom. The van der Waals surface area contributed by atoms with Gasteiger partial charge in [0, 0.05) is 10.5 Å². The van der Waals surface area contributed by atoms with E-state index in [9.17, 15) is 0 Å². The van der Waals surface area contributed by atoms with E-state index in [1.807, 2.05) is 18.2 Å². The predicted molar refractivity (Wildman–Crippen MR) is 81.0 cm³/mol. The maximum atomic E-state index is 6.25. The smallest absolute Gasteiger partial charge is 0.0595 e. The first-order chi connectivity index (χ1) is 8.58. The van der Waals surface area contributed by atoms with E-state index in [2.05, 4.69) is 47.1 Å². The van der Waals surface area contributed by atoms with Gasteiger partial charge in [-0.2, -0.15) is 0 Å². The fourth-order valence-electron chi connectivity index (χ4n) is 1.89. The molecule has 0 aromatic heterocycles. The minimum Gasteiger partial charge on any atom is -0.324 e. The van der Waals surface area contributed by atoms with Crippen molar-refractivity contribution in [2.24, 2.45) is 5.73 Å². The SMILES string of the molecule is Cc1ccc(CC(N)c2cccc(Br)c2Cl)cc1. The fraction of sp³-hybridized carbons (Fsp3) is 0.200. The van der Waals surface area contributed by atoms with Crippen LogP contribution in [-0.2, 0) is 6.42 Å². The van der Waals surface area contributed by atoms with Crippen LogP contribution in [0.4, 0.5) is 0 Å². The van der Waals surface area contributed by atoms with Crippen LogP contribution in [0.15, 0.2) is 46.9 Å². The minimum atomic E-state index is -0.0855. The minimum absolute atomic E-state index is 0.0855. The standard InChI is InChI=1S/C15H15BrClN/c1-10-5-7-11(8-6-10)9-14(18)12-3-2-4-13(16)15(12)17/h2-8,14H,9,18H2,1H3. The van der Waals surface area contributed by atoms with Crippen molar-refractivity contribution in [3.63, 3.8) is 0 Å². The Kier molecular flexibility index (Phi) is 4.44. The molecule has 0 amide bonds. The number of hydrogen-bond acceptors (Lipinski definition) is 1. The summed E-state index contributed by atoms with van der Waals surface area (Å²) in [5, 5.41) is 0.706. The molecular weight excluding hydrogens is 310 g/mol. The lowest BCUT2D eigenvalue weighted by molar-refractivity contribution is 0.721. The van der Waals surface area contributed by atoms with Gasteiger partial charge in [-0.05, 0) is 46.5 Å². The highest BCUT2D eigenvalue weighted by atomic mass is 79.9. The van der Waals surface area contributed by atoms with E-state index in [-0.39, 0.29) is 6.04 Å². The molecule has 1 nitrogen and oxygen atoms in total. The van der Waals surface area contributed by atoms with Crippen LogP contribution in [0.3, 0.4) is 0 Å². The fourth-order valence-corrected chi connectivity index (χ4v) is 2.54. The van der Waals surface area contributed by atoms with Crippen LogP contribution < -0.4 is 5.73 Å². The van der Waals surface area contributed by atoms with Crippen LogP contribution >= 0.6 is 27.5 Å². The Hall–Kier alpha value is -0.830. The van der Waals surface area contributed by atoms with Crippen LogP contribution in [-0.4, -0.2) is 0 Å². The first-order valence-corrected chi connectivity index (χ1v) is 7.00. The third-order valence-electron chi connectivity index (χ3n) is 2.96. The van der Waals surface area contributed by atoms with Crippen molar-refractivity contribution >= 4 is 27.5 Å². The molecule has 0 aliphatic carbocycles. The molecule has 1 unspecified atom stereocenters. The second kappa shape index (κ2) is 5.87. The van der Waals surface area contributed by atoms with E-state index in [0.717, 1.165) is 16.5 Å². The van der Waals surface area contributed by atoms with Crippen LogP contribution in [0.1, 0.15) is 22.7 Å².